The van der Waals surface area contributed by atoms with Crippen LogP contribution in [-0.2, 0) is 10.0 Å². The first kappa shape index (κ1) is 20.1. The molecule has 1 saturated carbocycles. The lowest BCUT2D eigenvalue weighted by Gasteiger charge is -2.19. The number of aliphatic hydroxyl groups is 1. The van der Waals surface area contributed by atoms with Crippen molar-refractivity contribution < 1.29 is 18.3 Å². The molecule has 140 valence electrons. The van der Waals surface area contributed by atoms with Gasteiger partial charge in [0, 0.05) is 31.2 Å². The van der Waals surface area contributed by atoms with Crippen molar-refractivity contribution in [2.24, 2.45) is 17.0 Å². The summed E-state index contributed by atoms with van der Waals surface area (Å²) in [6.07, 6.45) is 2.37. The number of halogens is 1. The summed E-state index contributed by atoms with van der Waals surface area (Å²) in [6.45, 7) is 2.31. The second kappa shape index (κ2) is 8.01. The third kappa shape index (κ3) is 4.92. The first-order chi connectivity index (χ1) is 11.4. The minimum atomic E-state index is -3.83. The summed E-state index contributed by atoms with van der Waals surface area (Å²) in [5.74, 6) is 0.735. The van der Waals surface area contributed by atoms with Gasteiger partial charge in [0.05, 0.1) is 11.5 Å². The zero-order valence-electron chi connectivity index (χ0n) is 13.8. The Labute approximate surface area is 154 Å². The van der Waals surface area contributed by atoms with Crippen molar-refractivity contribution in [3.8, 4) is 0 Å². The molecule has 3 rings (SSSR count). The summed E-state index contributed by atoms with van der Waals surface area (Å²) < 4.78 is 22.9. The summed E-state index contributed by atoms with van der Waals surface area (Å²) in [4.78, 5) is 14.6. The SMILES string of the molecule is Cl.NS(=O)(=O)c1cccc(C(=O)N[C@H]2CN(CCO)C[C@@H]2C2CC2)c1. The van der Waals surface area contributed by atoms with Gasteiger partial charge >= 0.3 is 0 Å². The number of benzene rings is 1. The molecule has 7 nitrogen and oxygen atoms in total. The Balaban J connectivity index is 0.00000225. The van der Waals surface area contributed by atoms with Crippen LogP contribution in [0, 0.1) is 11.8 Å². The second-order valence-electron chi connectivity index (χ2n) is 6.64. The Hall–Kier alpha value is -1.19. The van der Waals surface area contributed by atoms with Crippen LogP contribution in [0.25, 0.3) is 0 Å². The zero-order chi connectivity index (χ0) is 17.3. The fraction of sp³-hybridized carbons (Fsp3) is 0.562. The molecule has 1 aromatic carbocycles. The van der Waals surface area contributed by atoms with Crippen molar-refractivity contribution in [3.63, 3.8) is 0 Å². The van der Waals surface area contributed by atoms with Crippen LogP contribution >= 0.6 is 12.4 Å². The maximum Gasteiger partial charge on any atom is 0.251 e. The van der Waals surface area contributed by atoms with Crippen molar-refractivity contribution in [1.82, 2.24) is 10.2 Å². The minimum Gasteiger partial charge on any atom is -0.395 e. The Morgan fingerprint density at radius 3 is 2.64 bits per heavy atom. The number of hydrogen-bond donors (Lipinski definition) is 3. The van der Waals surface area contributed by atoms with Gasteiger partial charge in [-0.1, -0.05) is 6.07 Å². The molecular weight excluding hydrogens is 366 g/mol. The molecule has 2 aliphatic rings. The van der Waals surface area contributed by atoms with E-state index in [0.717, 1.165) is 6.54 Å². The summed E-state index contributed by atoms with van der Waals surface area (Å²) >= 11 is 0. The molecular formula is C16H24ClN3O4S. The van der Waals surface area contributed by atoms with Crippen LogP contribution in [0.15, 0.2) is 29.2 Å². The summed E-state index contributed by atoms with van der Waals surface area (Å²) in [5.41, 5.74) is 0.289. The number of sulfonamides is 1. The van der Waals surface area contributed by atoms with Crippen molar-refractivity contribution in [2.75, 3.05) is 26.2 Å². The van der Waals surface area contributed by atoms with E-state index in [1.165, 1.54) is 31.0 Å². The monoisotopic (exact) mass is 389 g/mol. The Morgan fingerprint density at radius 2 is 2.04 bits per heavy atom. The normalized spacial score (nSPS) is 23.9. The van der Waals surface area contributed by atoms with Crippen molar-refractivity contribution in [1.29, 1.82) is 0 Å². The van der Waals surface area contributed by atoms with Gasteiger partial charge in [-0.2, -0.15) is 0 Å². The van der Waals surface area contributed by atoms with Gasteiger partial charge < -0.3 is 10.4 Å². The molecule has 25 heavy (non-hydrogen) atoms. The predicted molar refractivity (Wildman–Crippen MR) is 96.1 cm³/mol. The molecule has 1 aliphatic heterocycles. The topological polar surface area (TPSA) is 113 Å². The summed E-state index contributed by atoms with van der Waals surface area (Å²) in [7, 11) is -3.83. The van der Waals surface area contributed by atoms with E-state index in [0.29, 0.717) is 24.9 Å². The van der Waals surface area contributed by atoms with Gasteiger partial charge in [-0.15, -0.1) is 12.4 Å². The van der Waals surface area contributed by atoms with Crippen molar-refractivity contribution in [2.45, 2.75) is 23.8 Å². The van der Waals surface area contributed by atoms with Gasteiger partial charge in [0.25, 0.3) is 5.91 Å². The number of nitrogens with two attached hydrogens (primary N) is 1. The van der Waals surface area contributed by atoms with Gasteiger partial charge in [0.15, 0.2) is 0 Å². The first-order valence-electron chi connectivity index (χ1n) is 8.15. The fourth-order valence-corrected chi connectivity index (χ4v) is 4.02. The summed E-state index contributed by atoms with van der Waals surface area (Å²) in [6, 6.07) is 5.79. The number of nitrogens with one attached hydrogen (secondary N) is 1. The van der Waals surface area contributed by atoms with Crippen molar-refractivity contribution in [3.05, 3.63) is 29.8 Å². The van der Waals surface area contributed by atoms with Gasteiger partial charge in [-0.05, 0) is 42.9 Å². The van der Waals surface area contributed by atoms with E-state index >= 15 is 0 Å². The number of carbonyl (C=O) groups excluding carboxylic acids is 1. The van der Waals surface area contributed by atoms with Gasteiger partial charge in [0.2, 0.25) is 10.0 Å². The Bertz CT molecular complexity index is 724. The second-order valence-corrected chi connectivity index (χ2v) is 8.20. The highest BCUT2D eigenvalue weighted by atomic mass is 35.5. The molecule has 2 fully saturated rings. The highest BCUT2D eigenvalue weighted by Gasteiger charge is 2.42. The largest absolute Gasteiger partial charge is 0.395 e. The molecule has 1 saturated heterocycles. The highest BCUT2D eigenvalue weighted by Crippen LogP contribution is 2.41. The lowest BCUT2D eigenvalue weighted by molar-refractivity contribution is 0.0927. The standard InChI is InChI=1S/C16H23N3O4S.ClH/c17-24(22,23)13-3-1-2-12(8-13)16(21)18-15-10-19(6-7-20)9-14(15)11-4-5-11;/h1-3,8,11,14-15,20H,4-7,9-10H2,(H,18,21)(H2,17,22,23);1H/t14-,15+;/m1./s1. The lowest BCUT2D eigenvalue weighted by Crippen LogP contribution is -2.41. The number of primary sulfonamides is 1. The van der Waals surface area contributed by atoms with E-state index in [1.807, 2.05) is 0 Å². The molecule has 1 amide bonds. The third-order valence-electron chi connectivity index (χ3n) is 4.83. The molecule has 0 aromatic heterocycles. The molecule has 0 spiro atoms. The van der Waals surface area contributed by atoms with Gasteiger partial charge in [0.1, 0.15) is 0 Å². The number of β-amino-alcohol motifs (C(OH)–C–C–N with tert-alkyl or cyclic N) is 1. The smallest absolute Gasteiger partial charge is 0.251 e. The maximum atomic E-state index is 12.5. The zero-order valence-corrected chi connectivity index (χ0v) is 15.4. The predicted octanol–water partition coefficient (Wildman–Crippen LogP) is 0.188. The molecule has 0 bridgehead atoms. The van der Waals surface area contributed by atoms with E-state index in [-0.39, 0.29) is 41.4 Å². The molecule has 4 N–H and O–H groups in total. The number of carbonyl (C=O) groups is 1. The van der Waals surface area contributed by atoms with Gasteiger partial charge in [-0.3, -0.25) is 9.69 Å². The molecule has 0 unspecified atom stereocenters. The van der Waals surface area contributed by atoms with Crippen molar-refractivity contribution >= 4 is 28.3 Å². The molecule has 0 radical (unpaired) electrons. The number of nitrogens with zero attached hydrogens (tertiary/aromatic N) is 1. The van der Waals surface area contributed by atoms with E-state index in [4.69, 9.17) is 10.2 Å². The number of likely N-dealkylation sites (tertiary alicyclic amines) is 1. The van der Waals surface area contributed by atoms with Crippen LogP contribution in [0.1, 0.15) is 23.2 Å². The maximum absolute atomic E-state index is 12.5. The summed E-state index contributed by atoms with van der Waals surface area (Å²) in [5, 5.41) is 17.3. The average Bonchev–Trinajstić information content (AvgIpc) is 3.30. The molecule has 1 heterocycles. The lowest BCUT2D eigenvalue weighted by atomic mass is 9.98. The van der Waals surface area contributed by atoms with Crippen LogP contribution in [-0.4, -0.2) is 56.6 Å². The van der Waals surface area contributed by atoms with Crippen LogP contribution in [0.2, 0.25) is 0 Å². The number of amides is 1. The fourth-order valence-electron chi connectivity index (χ4n) is 3.46. The molecule has 9 heteroatoms. The van der Waals surface area contributed by atoms with Crippen LogP contribution in [0.3, 0.4) is 0 Å². The van der Waals surface area contributed by atoms with E-state index < -0.39 is 10.0 Å². The number of aliphatic hydroxyl groups excluding tert-OH is 1. The third-order valence-corrected chi connectivity index (χ3v) is 5.74. The first-order valence-corrected chi connectivity index (χ1v) is 9.70. The number of hydrogen-bond acceptors (Lipinski definition) is 5. The average molecular weight is 390 g/mol. The van der Waals surface area contributed by atoms with E-state index in [9.17, 15) is 13.2 Å². The van der Waals surface area contributed by atoms with Crippen LogP contribution in [0.5, 0.6) is 0 Å². The Kier molecular flexibility index (Phi) is 6.45. The quantitative estimate of drug-likeness (QED) is 0.642. The van der Waals surface area contributed by atoms with Crippen LogP contribution < -0.4 is 10.5 Å². The number of rotatable bonds is 6. The molecule has 2 atom stereocenters. The van der Waals surface area contributed by atoms with Crippen LogP contribution in [0.4, 0.5) is 0 Å². The molecule has 1 aromatic rings. The Morgan fingerprint density at radius 1 is 1.32 bits per heavy atom. The molecule has 1 aliphatic carbocycles. The minimum absolute atomic E-state index is 0. The van der Waals surface area contributed by atoms with E-state index in [2.05, 4.69) is 10.2 Å². The van der Waals surface area contributed by atoms with E-state index in [1.54, 1.807) is 6.07 Å². The van der Waals surface area contributed by atoms with Gasteiger partial charge in [-0.25, -0.2) is 13.6 Å². The highest BCUT2D eigenvalue weighted by molar-refractivity contribution is 7.89.